The molecule has 2 nitrogen and oxygen atoms in total. The van der Waals surface area contributed by atoms with Crippen LogP contribution in [0.3, 0.4) is 0 Å². The number of benzene rings is 2. The molecule has 0 atom stereocenters. The first-order chi connectivity index (χ1) is 17.1. The number of aromatic nitrogens is 2. The molecule has 4 aromatic rings. The number of fused-ring (bicyclic) bond motifs is 1. The number of pyridine rings is 2. The van der Waals surface area contributed by atoms with Crippen LogP contribution in [0.4, 0.5) is 0 Å². The van der Waals surface area contributed by atoms with Gasteiger partial charge in [-0.15, -0.1) is 0 Å². The molecule has 34 heavy (non-hydrogen) atoms. The summed E-state index contributed by atoms with van der Waals surface area (Å²) in [6.45, 7) is 2.33. The van der Waals surface area contributed by atoms with Gasteiger partial charge in [-0.1, -0.05) is 43.9 Å². The molecule has 6 rings (SSSR count). The standard InChI is InChI=1S/C32H35N2/c1-22-30(24-10-5-6-11-24)19-28(23-8-3-4-9-23)20-31(22)32-29-14-13-25(27-12-7-16-33-21-27)18-26(29)15-17-34(32)2/h7,12-21,23-24H,3-6,8-11H2,1-2H3/q+1/i17D. The second-order valence-corrected chi connectivity index (χ2v) is 10.5. The van der Waals surface area contributed by atoms with Gasteiger partial charge in [-0.05, 0) is 96.3 Å². The molecule has 0 unspecified atom stereocenters. The van der Waals surface area contributed by atoms with E-state index in [9.17, 15) is 0 Å². The molecule has 2 aromatic heterocycles. The van der Waals surface area contributed by atoms with Crippen LogP contribution in [-0.4, -0.2) is 4.98 Å². The lowest BCUT2D eigenvalue weighted by molar-refractivity contribution is -0.659. The van der Waals surface area contributed by atoms with E-state index in [1.165, 1.54) is 79.1 Å². The van der Waals surface area contributed by atoms with E-state index in [2.05, 4.69) is 59.9 Å². The molecule has 2 fully saturated rings. The van der Waals surface area contributed by atoms with Gasteiger partial charge < -0.3 is 0 Å². The molecule has 0 amide bonds. The lowest BCUT2D eigenvalue weighted by Gasteiger charge is -2.21. The highest BCUT2D eigenvalue weighted by molar-refractivity contribution is 5.96. The van der Waals surface area contributed by atoms with Crippen LogP contribution in [0.5, 0.6) is 0 Å². The van der Waals surface area contributed by atoms with Gasteiger partial charge in [0.05, 0.1) is 10.9 Å². The maximum absolute atomic E-state index is 8.83. The van der Waals surface area contributed by atoms with E-state index in [0.29, 0.717) is 18.0 Å². The SMILES string of the molecule is [2H]c1cc2cc(-c3cccnc3)ccc2c(-c2cc(C3CCCC3)cc(C3CCCC3)c2C)[n+]1C. The molecular weight excluding hydrogens is 412 g/mol. The number of rotatable bonds is 4. The minimum atomic E-state index is 0.545. The van der Waals surface area contributed by atoms with Crippen molar-refractivity contribution in [3.05, 3.63) is 83.8 Å². The molecule has 0 bridgehead atoms. The van der Waals surface area contributed by atoms with Crippen molar-refractivity contribution in [2.75, 3.05) is 0 Å². The molecule has 2 saturated carbocycles. The van der Waals surface area contributed by atoms with Crippen LogP contribution >= 0.6 is 0 Å². The summed E-state index contributed by atoms with van der Waals surface area (Å²) in [5.74, 6) is 1.37. The first kappa shape index (κ1) is 20.4. The smallest absolute Gasteiger partial charge is 0.220 e. The van der Waals surface area contributed by atoms with Crippen molar-refractivity contribution >= 4 is 10.8 Å². The van der Waals surface area contributed by atoms with E-state index < -0.39 is 0 Å². The van der Waals surface area contributed by atoms with Crippen LogP contribution in [0.25, 0.3) is 33.2 Å². The van der Waals surface area contributed by atoms with Gasteiger partial charge in [-0.2, -0.15) is 0 Å². The van der Waals surface area contributed by atoms with Gasteiger partial charge in [0, 0.05) is 24.0 Å². The Labute approximate surface area is 205 Å². The summed E-state index contributed by atoms with van der Waals surface area (Å²) in [4.78, 5) is 4.30. The normalized spacial score (nSPS) is 17.5. The summed E-state index contributed by atoms with van der Waals surface area (Å²) in [7, 11) is 2.06. The van der Waals surface area contributed by atoms with E-state index >= 15 is 0 Å². The fraction of sp³-hybridized carbons (Fsp3) is 0.375. The molecule has 0 aliphatic heterocycles. The van der Waals surface area contributed by atoms with Crippen LogP contribution in [0, 0.1) is 6.92 Å². The minimum absolute atomic E-state index is 0.545. The Morgan fingerprint density at radius 3 is 2.38 bits per heavy atom. The molecule has 0 saturated heterocycles. The lowest BCUT2D eigenvalue weighted by Crippen LogP contribution is -2.31. The van der Waals surface area contributed by atoms with Gasteiger partial charge in [-0.3, -0.25) is 4.98 Å². The second kappa shape index (κ2) is 8.98. The van der Waals surface area contributed by atoms with Crippen LogP contribution in [-0.2, 0) is 7.05 Å². The van der Waals surface area contributed by atoms with E-state index in [1.54, 1.807) is 5.56 Å². The van der Waals surface area contributed by atoms with Crippen molar-refractivity contribution in [2.24, 2.45) is 7.05 Å². The van der Waals surface area contributed by atoms with E-state index in [1.807, 2.05) is 24.5 Å². The number of hydrogen-bond acceptors (Lipinski definition) is 1. The average molecular weight is 449 g/mol. The molecule has 2 heteroatoms. The number of nitrogens with zero attached hydrogens (tertiary/aromatic N) is 2. The molecule has 2 aliphatic carbocycles. The summed E-state index contributed by atoms with van der Waals surface area (Å²) in [5, 5.41) is 2.35. The molecule has 2 aliphatic rings. The second-order valence-electron chi connectivity index (χ2n) is 10.5. The van der Waals surface area contributed by atoms with E-state index in [-0.39, 0.29) is 0 Å². The van der Waals surface area contributed by atoms with Gasteiger partial charge >= 0.3 is 0 Å². The highest BCUT2D eigenvalue weighted by Gasteiger charge is 2.27. The van der Waals surface area contributed by atoms with E-state index in [0.717, 1.165) is 16.5 Å². The Balaban J connectivity index is 1.58. The van der Waals surface area contributed by atoms with Crippen molar-refractivity contribution in [3.8, 4) is 22.4 Å². The van der Waals surface area contributed by atoms with Crippen LogP contribution in [0.1, 0.15) is 81.3 Å². The fourth-order valence-electron chi connectivity index (χ4n) is 6.51. The third kappa shape index (κ3) is 3.83. The van der Waals surface area contributed by atoms with Gasteiger partial charge in [0.25, 0.3) is 0 Å². The first-order valence-electron chi connectivity index (χ1n) is 13.6. The van der Waals surface area contributed by atoms with Gasteiger partial charge in [-0.25, -0.2) is 4.57 Å². The fourth-order valence-corrected chi connectivity index (χ4v) is 6.51. The zero-order valence-electron chi connectivity index (χ0n) is 21.5. The summed E-state index contributed by atoms with van der Waals surface area (Å²) in [5.41, 5.74) is 9.27. The average Bonchev–Trinajstić information content (AvgIpc) is 3.61. The van der Waals surface area contributed by atoms with Gasteiger partial charge in [0.1, 0.15) is 8.42 Å². The predicted octanol–water partition coefficient (Wildman–Crippen LogP) is 8.02. The molecule has 172 valence electrons. The first-order valence-corrected chi connectivity index (χ1v) is 13.1. The molecule has 0 N–H and O–H groups in total. The molecule has 2 aromatic carbocycles. The summed E-state index contributed by atoms with van der Waals surface area (Å²) < 4.78 is 10.9. The van der Waals surface area contributed by atoms with Crippen molar-refractivity contribution < 1.29 is 5.94 Å². The Morgan fingerprint density at radius 1 is 0.882 bits per heavy atom. The van der Waals surface area contributed by atoms with Crippen LogP contribution in [0.15, 0.2) is 67.1 Å². The summed E-state index contributed by atoms with van der Waals surface area (Å²) >= 11 is 0. The highest BCUT2D eigenvalue weighted by atomic mass is 14.9. The maximum atomic E-state index is 8.83. The lowest BCUT2D eigenvalue weighted by atomic mass is 9.83. The largest absolute Gasteiger partial charge is 0.264 e. The Bertz CT molecular complexity index is 1380. The summed E-state index contributed by atoms with van der Waals surface area (Å²) in [6, 6.07) is 17.8. The zero-order chi connectivity index (χ0) is 23.9. The Hall–Kier alpha value is -3.00. The molecule has 2 heterocycles. The number of hydrogen-bond donors (Lipinski definition) is 0. The molecule has 0 spiro atoms. The zero-order valence-corrected chi connectivity index (χ0v) is 20.5. The Kier molecular flexibility index (Phi) is 5.38. The molecule has 0 radical (unpaired) electrons. The van der Waals surface area contributed by atoms with Gasteiger partial charge in [0.15, 0.2) is 6.17 Å². The van der Waals surface area contributed by atoms with Gasteiger partial charge in [0.2, 0.25) is 5.69 Å². The summed E-state index contributed by atoms with van der Waals surface area (Å²) in [6.07, 6.45) is 14.9. The predicted molar refractivity (Wildman–Crippen MR) is 141 cm³/mol. The molecular formula is C32H35N2+. The monoisotopic (exact) mass is 448 g/mol. The van der Waals surface area contributed by atoms with Crippen molar-refractivity contribution in [1.82, 2.24) is 4.98 Å². The van der Waals surface area contributed by atoms with Crippen LogP contribution in [0.2, 0.25) is 0 Å². The van der Waals surface area contributed by atoms with Crippen molar-refractivity contribution in [2.45, 2.75) is 70.1 Å². The third-order valence-electron chi connectivity index (χ3n) is 8.40. The third-order valence-corrected chi connectivity index (χ3v) is 8.40. The van der Waals surface area contributed by atoms with Crippen LogP contribution < -0.4 is 4.57 Å². The van der Waals surface area contributed by atoms with Crippen molar-refractivity contribution in [3.63, 3.8) is 0 Å². The highest BCUT2D eigenvalue weighted by Crippen LogP contribution is 2.43. The minimum Gasteiger partial charge on any atom is -0.264 e. The van der Waals surface area contributed by atoms with Crippen molar-refractivity contribution in [1.29, 1.82) is 0 Å². The quantitative estimate of drug-likeness (QED) is 0.289. The topological polar surface area (TPSA) is 16.8 Å². The maximum Gasteiger partial charge on any atom is 0.220 e. The Morgan fingerprint density at radius 2 is 1.65 bits per heavy atom. The van der Waals surface area contributed by atoms with E-state index in [4.69, 9.17) is 1.37 Å².